The standard InChI is InChI=1S/C12H16Br2N2O/c1-8(6-15-2)7-16-12(17)10-4-3-9(13)5-11(10)14/h3-5,8,15H,6-7H2,1-2H3,(H,16,17). The number of carbonyl (C=O) groups excluding carboxylic acids is 1. The normalized spacial score (nSPS) is 12.2. The Morgan fingerprint density at radius 3 is 2.65 bits per heavy atom. The Kier molecular flexibility index (Phi) is 6.16. The monoisotopic (exact) mass is 362 g/mol. The average Bonchev–Trinajstić information content (AvgIpc) is 2.26. The summed E-state index contributed by atoms with van der Waals surface area (Å²) in [5.41, 5.74) is 0.657. The Morgan fingerprint density at radius 2 is 2.06 bits per heavy atom. The molecule has 17 heavy (non-hydrogen) atoms. The minimum atomic E-state index is -0.0488. The van der Waals surface area contributed by atoms with E-state index in [0.717, 1.165) is 15.5 Å². The van der Waals surface area contributed by atoms with Gasteiger partial charge in [0.1, 0.15) is 0 Å². The van der Waals surface area contributed by atoms with E-state index in [2.05, 4.69) is 49.4 Å². The van der Waals surface area contributed by atoms with Crippen molar-refractivity contribution in [1.82, 2.24) is 10.6 Å². The SMILES string of the molecule is CNCC(C)CNC(=O)c1ccc(Br)cc1Br. The predicted octanol–water partition coefficient (Wildman–Crippen LogP) is 2.80. The van der Waals surface area contributed by atoms with Crippen LogP contribution in [0.15, 0.2) is 27.1 Å². The van der Waals surface area contributed by atoms with E-state index in [9.17, 15) is 4.79 Å². The smallest absolute Gasteiger partial charge is 0.252 e. The largest absolute Gasteiger partial charge is 0.352 e. The van der Waals surface area contributed by atoms with Crippen molar-refractivity contribution in [3.8, 4) is 0 Å². The lowest BCUT2D eigenvalue weighted by Gasteiger charge is -2.12. The minimum Gasteiger partial charge on any atom is -0.352 e. The highest BCUT2D eigenvalue weighted by atomic mass is 79.9. The molecule has 0 fully saturated rings. The summed E-state index contributed by atoms with van der Waals surface area (Å²) in [6.45, 7) is 3.65. The van der Waals surface area contributed by atoms with Gasteiger partial charge in [-0.2, -0.15) is 0 Å². The summed E-state index contributed by atoms with van der Waals surface area (Å²) in [5, 5.41) is 6.00. The summed E-state index contributed by atoms with van der Waals surface area (Å²) in [6.07, 6.45) is 0. The van der Waals surface area contributed by atoms with Gasteiger partial charge in [-0.25, -0.2) is 0 Å². The Labute approximate surface area is 119 Å². The summed E-state index contributed by atoms with van der Waals surface area (Å²) < 4.78 is 1.75. The van der Waals surface area contributed by atoms with Gasteiger partial charge in [0.15, 0.2) is 0 Å². The maximum atomic E-state index is 11.9. The van der Waals surface area contributed by atoms with E-state index in [1.807, 2.05) is 19.2 Å². The fraction of sp³-hybridized carbons (Fsp3) is 0.417. The topological polar surface area (TPSA) is 41.1 Å². The first-order valence-electron chi connectivity index (χ1n) is 5.42. The van der Waals surface area contributed by atoms with E-state index in [1.165, 1.54) is 0 Å². The molecule has 0 saturated carbocycles. The van der Waals surface area contributed by atoms with E-state index in [1.54, 1.807) is 6.07 Å². The summed E-state index contributed by atoms with van der Waals surface area (Å²) in [5.74, 6) is 0.366. The van der Waals surface area contributed by atoms with E-state index < -0.39 is 0 Å². The maximum absolute atomic E-state index is 11.9. The van der Waals surface area contributed by atoms with E-state index in [0.29, 0.717) is 18.0 Å². The number of benzene rings is 1. The molecule has 0 aliphatic rings. The fourth-order valence-corrected chi connectivity index (χ4v) is 2.68. The molecular weight excluding hydrogens is 348 g/mol. The highest BCUT2D eigenvalue weighted by Crippen LogP contribution is 2.21. The van der Waals surface area contributed by atoms with Crippen LogP contribution in [0.2, 0.25) is 0 Å². The fourth-order valence-electron chi connectivity index (χ4n) is 1.46. The molecule has 0 spiro atoms. The molecule has 1 atom stereocenters. The van der Waals surface area contributed by atoms with Crippen LogP contribution in [0.5, 0.6) is 0 Å². The Balaban J connectivity index is 2.58. The van der Waals surface area contributed by atoms with Gasteiger partial charge in [0.25, 0.3) is 5.91 Å². The first-order valence-corrected chi connectivity index (χ1v) is 7.01. The molecule has 3 nitrogen and oxygen atoms in total. The van der Waals surface area contributed by atoms with Crippen LogP contribution in [-0.4, -0.2) is 26.0 Å². The first kappa shape index (κ1) is 14.7. The lowest BCUT2D eigenvalue weighted by Crippen LogP contribution is -2.32. The van der Waals surface area contributed by atoms with E-state index in [4.69, 9.17) is 0 Å². The first-order chi connectivity index (χ1) is 8.04. The molecule has 1 rings (SSSR count). The molecule has 1 unspecified atom stereocenters. The van der Waals surface area contributed by atoms with Crippen LogP contribution in [0.4, 0.5) is 0 Å². The molecule has 0 radical (unpaired) electrons. The van der Waals surface area contributed by atoms with Crippen molar-refractivity contribution >= 4 is 37.8 Å². The van der Waals surface area contributed by atoms with Gasteiger partial charge in [0.05, 0.1) is 5.56 Å². The Bertz CT molecular complexity index is 396. The number of hydrogen-bond acceptors (Lipinski definition) is 2. The van der Waals surface area contributed by atoms with Gasteiger partial charge >= 0.3 is 0 Å². The number of hydrogen-bond donors (Lipinski definition) is 2. The molecule has 5 heteroatoms. The molecule has 0 aromatic heterocycles. The molecule has 1 aromatic carbocycles. The molecule has 0 aliphatic carbocycles. The van der Waals surface area contributed by atoms with Crippen molar-refractivity contribution in [3.05, 3.63) is 32.7 Å². The van der Waals surface area contributed by atoms with E-state index >= 15 is 0 Å². The van der Waals surface area contributed by atoms with Crippen molar-refractivity contribution < 1.29 is 4.79 Å². The number of nitrogens with one attached hydrogen (secondary N) is 2. The zero-order valence-corrected chi connectivity index (χ0v) is 13.1. The molecule has 94 valence electrons. The van der Waals surface area contributed by atoms with Crippen molar-refractivity contribution in [2.45, 2.75) is 6.92 Å². The third-order valence-electron chi connectivity index (χ3n) is 2.34. The number of rotatable bonds is 5. The molecule has 0 aliphatic heterocycles. The lowest BCUT2D eigenvalue weighted by atomic mass is 10.1. The molecule has 0 heterocycles. The van der Waals surface area contributed by atoms with Gasteiger partial charge in [0.2, 0.25) is 0 Å². The zero-order chi connectivity index (χ0) is 12.8. The molecule has 2 N–H and O–H groups in total. The summed E-state index contributed by atoms with van der Waals surface area (Å²) in [4.78, 5) is 11.9. The van der Waals surface area contributed by atoms with Gasteiger partial charge in [-0.3, -0.25) is 4.79 Å². The lowest BCUT2D eigenvalue weighted by molar-refractivity contribution is 0.0947. The van der Waals surface area contributed by atoms with Crippen LogP contribution in [0.1, 0.15) is 17.3 Å². The third kappa shape index (κ3) is 4.77. The van der Waals surface area contributed by atoms with Crippen molar-refractivity contribution in [2.75, 3.05) is 20.1 Å². The molecule has 0 saturated heterocycles. The van der Waals surface area contributed by atoms with Crippen LogP contribution in [0.25, 0.3) is 0 Å². The second-order valence-electron chi connectivity index (χ2n) is 4.00. The van der Waals surface area contributed by atoms with Crippen molar-refractivity contribution in [2.24, 2.45) is 5.92 Å². The van der Waals surface area contributed by atoms with E-state index in [-0.39, 0.29) is 5.91 Å². The Morgan fingerprint density at radius 1 is 1.35 bits per heavy atom. The van der Waals surface area contributed by atoms with Crippen LogP contribution < -0.4 is 10.6 Å². The molecule has 1 aromatic rings. The second kappa shape index (κ2) is 7.13. The quantitative estimate of drug-likeness (QED) is 0.844. The predicted molar refractivity (Wildman–Crippen MR) is 77.3 cm³/mol. The van der Waals surface area contributed by atoms with Gasteiger partial charge in [0, 0.05) is 15.5 Å². The number of halogens is 2. The van der Waals surface area contributed by atoms with Crippen molar-refractivity contribution in [1.29, 1.82) is 0 Å². The van der Waals surface area contributed by atoms with Gasteiger partial charge in [-0.1, -0.05) is 22.9 Å². The maximum Gasteiger partial charge on any atom is 0.252 e. The van der Waals surface area contributed by atoms with Gasteiger partial charge in [-0.05, 0) is 53.6 Å². The number of amides is 1. The van der Waals surface area contributed by atoms with Crippen LogP contribution >= 0.6 is 31.9 Å². The minimum absolute atomic E-state index is 0.0488. The Hall–Kier alpha value is -0.390. The van der Waals surface area contributed by atoms with Crippen LogP contribution in [-0.2, 0) is 0 Å². The molecule has 0 bridgehead atoms. The average molecular weight is 364 g/mol. The second-order valence-corrected chi connectivity index (χ2v) is 5.77. The van der Waals surface area contributed by atoms with Crippen LogP contribution in [0, 0.1) is 5.92 Å². The highest BCUT2D eigenvalue weighted by Gasteiger charge is 2.10. The highest BCUT2D eigenvalue weighted by molar-refractivity contribution is 9.11. The summed E-state index contributed by atoms with van der Waals surface area (Å²) in [7, 11) is 1.91. The van der Waals surface area contributed by atoms with Crippen molar-refractivity contribution in [3.63, 3.8) is 0 Å². The summed E-state index contributed by atoms with van der Waals surface area (Å²) in [6, 6.07) is 5.52. The summed E-state index contributed by atoms with van der Waals surface area (Å²) >= 11 is 6.74. The third-order valence-corrected chi connectivity index (χ3v) is 3.49. The molecular formula is C12H16Br2N2O. The van der Waals surface area contributed by atoms with Gasteiger partial charge in [-0.15, -0.1) is 0 Å². The number of carbonyl (C=O) groups is 1. The van der Waals surface area contributed by atoms with Gasteiger partial charge < -0.3 is 10.6 Å². The van der Waals surface area contributed by atoms with Crippen LogP contribution in [0.3, 0.4) is 0 Å². The zero-order valence-electron chi connectivity index (χ0n) is 9.89. The molecule has 1 amide bonds.